The van der Waals surface area contributed by atoms with Crippen LogP contribution in [0.3, 0.4) is 0 Å². The number of ether oxygens (including phenoxy) is 3. The van der Waals surface area contributed by atoms with Crippen LogP contribution >= 0.6 is 24.0 Å². The van der Waals surface area contributed by atoms with Crippen LogP contribution in [-0.4, -0.2) is 52.1 Å². The van der Waals surface area contributed by atoms with Gasteiger partial charge in [0.2, 0.25) is 0 Å². The molecule has 1 aromatic rings. The molecule has 31 heavy (non-hydrogen) atoms. The Morgan fingerprint density at radius 2 is 1.74 bits per heavy atom. The number of nitrogens with one attached hydrogen (secondary N) is 2. The zero-order chi connectivity index (χ0) is 22.6. The largest absolute Gasteiger partial charge is 0.488 e. The number of hydrogen-bond donors (Lipinski definition) is 2. The molecule has 0 aliphatic rings. The Morgan fingerprint density at radius 3 is 2.32 bits per heavy atom. The molecule has 0 unspecified atom stereocenters. The fraction of sp³-hybridized carbons (Fsp3) is 0.667. The van der Waals surface area contributed by atoms with Gasteiger partial charge in [0.05, 0.1) is 18.8 Å². The fourth-order valence-corrected chi connectivity index (χ4v) is 2.57. The molecule has 0 aliphatic carbocycles. The highest BCUT2D eigenvalue weighted by atomic mass is 127. The van der Waals surface area contributed by atoms with Gasteiger partial charge in [0.15, 0.2) is 5.96 Å². The molecular formula is C21H35F3IN3O3. The van der Waals surface area contributed by atoms with E-state index in [1.54, 1.807) is 41.0 Å². The summed E-state index contributed by atoms with van der Waals surface area (Å²) in [6.07, 6.45) is -2.77. The van der Waals surface area contributed by atoms with Crippen LogP contribution in [0.4, 0.5) is 13.2 Å². The molecule has 180 valence electrons. The molecule has 0 spiro atoms. The number of methoxy groups -OCH3 is 1. The lowest BCUT2D eigenvalue weighted by Crippen LogP contribution is -2.37. The van der Waals surface area contributed by atoms with Gasteiger partial charge in [-0.1, -0.05) is 6.07 Å². The zero-order valence-electron chi connectivity index (χ0n) is 18.9. The van der Waals surface area contributed by atoms with Crippen molar-refractivity contribution >= 4 is 29.9 Å². The molecule has 0 saturated heterocycles. The lowest BCUT2D eigenvalue weighted by molar-refractivity contribution is -0.138. The summed E-state index contributed by atoms with van der Waals surface area (Å²) >= 11 is 0. The van der Waals surface area contributed by atoms with Gasteiger partial charge in [0.1, 0.15) is 11.4 Å². The van der Waals surface area contributed by atoms with Crippen molar-refractivity contribution < 1.29 is 27.4 Å². The predicted octanol–water partition coefficient (Wildman–Crippen LogP) is 4.61. The smallest absolute Gasteiger partial charge is 0.416 e. The average molecular weight is 561 g/mol. The molecule has 0 aliphatic heterocycles. The molecule has 2 N–H and O–H groups in total. The highest BCUT2D eigenvalue weighted by molar-refractivity contribution is 14.0. The summed E-state index contributed by atoms with van der Waals surface area (Å²) in [5.74, 6) is 0.632. The summed E-state index contributed by atoms with van der Waals surface area (Å²) in [4.78, 5) is 4.06. The van der Waals surface area contributed by atoms with Crippen LogP contribution < -0.4 is 15.4 Å². The Balaban J connectivity index is 0.00000900. The number of aliphatic imine (C=N–C) groups is 1. The molecule has 10 heteroatoms. The first-order chi connectivity index (χ1) is 14.1. The number of guanidine groups is 1. The van der Waals surface area contributed by atoms with E-state index in [0.717, 1.165) is 18.9 Å². The molecule has 1 aromatic carbocycles. The zero-order valence-corrected chi connectivity index (χ0v) is 21.2. The van der Waals surface area contributed by atoms with Crippen LogP contribution in [0.25, 0.3) is 0 Å². The molecule has 0 heterocycles. The summed E-state index contributed by atoms with van der Waals surface area (Å²) in [5.41, 5.74) is -1.18. The first-order valence-corrected chi connectivity index (χ1v) is 9.97. The van der Waals surface area contributed by atoms with E-state index in [9.17, 15) is 13.2 Å². The van der Waals surface area contributed by atoms with E-state index in [1.165, 1.54) is 6.07 Å². The van der Waals surface area contributed by atoms with E-state index in [0.29, 0.717) is 32.3 Å². The minimum atomic E-state index is -4.48. The number of hydrogen-bond acceptors (Lipinski definition) is 4. The van der Waals surface area contributed by atoms with Crippen LogP contribution in [0.15, 0.2) is 23.2 Å². The number of unbranched alkanes of at least 4 members (excludes halogenated alkanes) is 1. The highest BCUT2D eigenvalue weighted by Gasteiger charge is 2.34. The number of rotatable bonds is 11. The third kappa shape index (κ3) is 13.0. The maximum atomic E-state index is 13.5. The second-order valence-electron chi connectivity index (χ2n) is 7.70. The van der Waals surface area contributed by atoms with Crippen molar-refractivity contribution in [2.24, 2.45) is 4.99 Å². The quantitative estimate of drug-likeness (QED) is 0.179. The van der Waals surface area contributed by atoms with Crippen molar-refractivity contribution in [1.82, 2.24) is 10.6 Å². The van der Waals surface area contributed by atoms with E-state index in [2.05, 4.69) is 15.6 Å². The van der Waals surface area contributed by atoms with Crippen molar-refractivity contribution in [3.05, 3.63) is 29.3 Å². The second-order valence-corrected chi connectivity index (χ2v) is 7.70. The number of benzene rings is 1. The van der Waals surface area contributed by atoms with Gasteiger partial charge >= 0.3 is 6.18 Å². The van der Waals surface area contributed by atoms with E-state index in [-0.39, 0.29) is 41.8 Å². The van der Waals surface area contributed by atoms with Crippen molar-refractivity contribution in [1.29, 1.82) is 0 Å². The highest BCUT2D eigenvalue weighted by Crippen LogP contribution is 2.35. The van der Waals surface area contributed by atoms with Crippen LogP contribution in [0.2, 0.25) is 0 Å². The molecule has 0 amide bonds. The number of nitrogens with zero attached hydrogens (tertiary/aromatic N) is 1. The van der Waals surface area contributed by atoms with Crippen LogP contribution in [-0.2, 0) is 22.2 Å². The first-order valence-electron chi connectivity index (χ1n) is 9.97. The monoisotopic (exact) mass is 561 g/mol. The fourth-order valence-electron chi connectivity index (χ4n) is 2.57. The summed E-state index contributed by atoms with van der Waals surface area (Å²) in [6, 6.07) is 4.03. The third-order valence-electron chi connectivity index (χ3n) is 3.92. The van der Waals surface area contributed by atoms with Crippen molar-refractivity contribution in [3.8, 4) is 5.75 Å². The van der Waals surface area contributed by atoms with Gasteiger partial charge in [-0.2, -0.15) is 13.2 Å². The summed E-state index contributed by atoms with van der Waals surface area (Å²) < 4.78 is 56.4. The normalized spacial score (nSPS) is 12.3. The third-order valence-corrected chi connectivity index (χ3v) is 3.92. The minimum absolute atomic E-state index is 0. The Kier molecular flexibility index (Phi) is 14.1. The molecule has 0 saturated carbocycles. The summed E-state index contributed by atoms with van der Waals surface area (Å²) in [7, 11) is 3.20. The topological polar surface area (TPSA) is 64.1 Å². The van der Waals surface area contributed by atoms with Gasteiger partial charge in [-0.15, -0.1) is 24.0 Å². The molecule has 0 bridgehead atoms. The van der Waals surface area contributed by atoms with Crippen LogP contribution in [0, 0.1) is 0 Å². The molecule has 0 atom stereocenters. The number of alkyl halides is 3. The van der Waals surface area contributed by atoms with E-state index in [1.807, 2.05) is 0 Å². The first kappa shape index (κ1) is 29.7. The van der Waals surface area contributed by atoms with Gasteiger partial charge in [-0.25, -0.2) is 0 Å². The molecule has 6 nitrogen and oxygen atoms in total. The molecule has 0 aromatic heterocycles. The minimum Gasteiger partial charge on any atom is -0.488 e. The molecule has 1 rings (SSSR count). The van der Waals surface area contributed by atoms with E-state index < -0.39 is 17.3 Å². The second kappa shape index (κ2) is 14.7. The van der Waals surface area contributed by atoms with Gasteiger partial charge in [-0.3, -0.25) is 4.99 Å². The Labute approximate surface area is 200 Å². The maximum absolute atomic E-state index is 13.5. The number of halogens is 4. The molecular weight excluding hydrogens is 526 g/mol. The van der Waals surface area contributed by atoms with Gasteiger partial charge in [-0.05, 0) is 51.3 Å². The van der Waals surface area contributed by atoms with E-state index in [4.69, 9.17) is 14.2 Å². The predicted molar refractivity (Wildman–Crippen MR) is 127 cm³/mol. The van der Waals surface area contributed by atoms with Crippen molar-refractivity contribution in [2.45, 2.75) is 51.9 Å². The SMILES string of the molecule is CN=C(NCCCCOCCOC)NCc1ccc(OC(C)(C)C)cc1C(F)(F)F.I. The van der Waals surface area contributed by atoms with Gasteiger partial charge in [0, 0.05) is 33.9 Å². The van der Waals surface area contributed by atoms with Crippen molar-refractivity contribution in [3.63, 3.8) is 0 Å². The van der Waals surface area contributed by atoms with Crippen LogP contribution in [0.1, 0.15) is 44.7 Å². The molecule has 0 fully saturated rings. The Hall–Kier alpha value is -1.27. The summed E-state index contributed by atoms with van der Waals surface area (Å²) in [5, 5.41) is 6.03. The maximum Gasteiger partial charge on any atom is 0.416 e. The lowest BCUT2D eigenvalue weighted by atomic mass is 10.1. The van der Waals surface area contributed by atoms with E-state index >= 15 is 0 Å². The summed E-state index contributed by atoms with van der Waals surface area (Å²) in [6.45, 7) is 7.76. The standard InChI is InChI=1S/C21H34F3N3O3.HI/c1-20(2,3)30-17-9-8-16(18(14-17)21(22,23)24)15-27-19(25-4)26-10-6-7-11-29-13-12-28-5;/h8-9,14H,6-7,10-13,15H2,1-5H3,(H2,25,26,27);1H. The van der Waals surface area contributed by atoms with Gasteiger partial charge < -0.3 is 24.8 Å². The Morgan fingerprint density at radius 1 is 1.03 bits per heavy atom. The average Bonchev–Trinajstić information content (AvgIpc) is 2.65. The van der Waals surface area contributed by atoms with Crippen LogP contribution in [0.5, 0.6) is 5.75 Å². The lowest BCUT2D eigenvalue weighted by Gasteiger charge is -2.23. The van der Waals surface area contributed by atoms with Gasteiger partial charge in [0.25, 0.3) is 0 Å². The van der Waals surface area contributed by atoms with Crippen molar-refractivity contribution in [2.75, 3.05) is 40.5 Å². The molecule has 0 radical (unpaired) electrons. The Bertz CT molecular complexity index is 665.